The lowest BCUT2D eigenvalue weighted by atomic mass is 10.1. The van der Waals surface area contributed by atoms with E-state index in [-0.39, 0.29) is 6.17 Å². The van der Waals surface area contributed by atoms with E-state index in [4.69, 9.17) is 26.4 Å². The van der Waals surface area contributed by atoms with Gasteiger partial charge in [0.05, 0.1) is 21.3 Å². The molecule has 6 nitrogen and oxygen atoms in total. The number of ether oxygens (including phenoxy) is 3. The Morgan fingerprint density at radius 1 is 1.15 bits per heavy atom. The highest BCUT2D eigenvalue weighted by Gasteiger charge is 2.28. The number of methoxy groups -OCH3 is 3. The molecule has 1 aliphatic heterocycles. The van der Waals surface area contributed by atoms with Gasteiger partial charge in [-0.3, -0.25) is 0 Å². The molecule has 0 bridgehead atoms. The molecule has 0 spiro atoms. The van der Waals surface area contributed by atoms with E-state index in [1.807, 2.05) is 24.0 Å². The first-order chi connectivity index (χ1) is 9.65. The van der Waals surface area contributed by atoms with Crippen molar-refractivity contribution in [2.45, 2.75) is 13.1 Å². The van der Waals surface area contributed by atoms with E-state index >= 15 is 0 Å². The van der Waals surface area contributed by atoms with Gasteiger partial charge in [0.15, 0.2) is 17.7 Å². The van der Waals surface area contributed by atoms with Crippen LogP contribution in [0.5, 0.6) is 17.2 Å². The summed E-state index contributed by atoms with van der Waals surface area (Å²) >= 11 is 5.17. The molecule has 0 radical (unpaired) electrons. The van der Waals surface area contributed by atoms with Crippen molar-refractivity contribution < 1.29 is 14.2 Å². The zero-order chi connectivity index (χ0) is 14.7. The van der Waals surface area contributed by atoms with Crippen LogP contribution in [0.15, 0.2) is 22.4 Å². The fourth-order valence-electron chi connectivity index (χ4n) is 2.13. The number of thiocarbonyl (C=S) groups is 1. The number of nitrogens with zero attached hydrogens (tertiary/aromatic N) is 3. The number of hydrogen-bond donors (Lipinski definition) is 0. The van der Waals surface area contributed by atoms with Gasteiger partial charge in [0, 0.05) is 12.1 Å². The van der Waals surface area contributed by atoms with E-state index in [1.54, 1.807) is 21.3 Å². The average Bonchev–Trinajstić information content (AvgIpc) is 2.86. The summed E-state index contributed by atoms with van der Waals surface area (Å²) in [5.41, 5.74) is 0.893. The van der Waals surface area contributed by atoms with Crippen molar-refractivity contribution in [1.82, 2.24) is 4.90 Å². The molecule has 1 aliphatic rings. The van der Waals surface area contributed by atoms with Gasteiger partial charge in [-0.05, 0) is 31.3 Å². The number of rotatable bonds is 5. The van der Waals surface area contributed by atoms with Crippen LogP contribution in [0.4, 0.5) is 0 Å². The van der Waals surface area contributed by atoms with Crippen LogP contribution in [0.2, 0.25) is 0 Å². The Hall–Kier alpha value is -1.89. The minimum absolute atomic E-state index is 0.249. The van der Waals surface area contributed by atoms with Gasteiger partial charge in [0.1, 0.15) is 0 Å². The predicted octanol–water partition coefficient (Wildman–Crippen LogP) is 2.78. The Labute approximate surface area is 123 Å². The van der Waals surface area contributed by atoms with Gasteiger partial charge in [-0.25, -0.2) is 0 Å². The molecule has 1 aromatic rings. The lowest BCUT2D eigenvalue weighted by molar-refractivity contribution is 0.318. The lowest BCUT2D eigenvalue weighted by Crippen LogP contribution is -2.26. The maximum atomic E-state index is 5.35. The van der Waals surface area contributed by atoms with Gasteiger partial charge in [0.25, 0.3) is 0 Å². The van der Waals surface area contributed by atoms with Crippen LogP contribution in [0.1, 0.15) is 18.7 Å². The highest BCUT2D eigenvalue weighted by atomic mass is 32.1. The normalized spacial score (nSPS) is 17.5. The summed E-state index contributed by atoms with van der Waals surface area (Å²) in [6.45, 7) is 2.74. The summed E-state index contributed by atoms with van der Waals surface area (Å²) in [5, 5.41) is 8.66. The molecule has 0 amide bonds. The van der Waals surface area contributed by atoms with Crippen molar-refractivity contribution >= 4 is 17.3 Å². The Morgan fingerprint density at radius 3 is 2.20 bits per heavy atom. The van der Waals surface area contributed by atoms with Crippen molar-refractivity contribution in [3.63, 3.8) is 0 Å². The third-order valence-corrected chi connectivity index (χ3v) is 3.44. The zero-order valence-electron chi connectivity index (χ0n) is 11.9. The summed E-state index contributed by atoms with van der Waals surface area (Å²) in [5.74, 6) is 1.73. The van der Waals surface area contributed by atoms with E-state index in [2.05, 4.69) is 10.2 Å². The maximum absolute atomic E-state index is 5.35. The Bertz CT molecular complexity index is 523. The maximum Gasteiger partial charge on any atom is 0.218 e. The van der Waals surface area contributed by atoms with E-state index in [1.165, 1.54) is 0 Å². The van der Waals surface area contributed by atoms with E-state index in [9.17, 15) is 0 Å². The highest BCUT2D eigenvalue weighted by Crippen LogP contribution is 2.41. The molecule has 1 atom stereocenters. The van der Waals surface area contributed by atoms with Crippen molar-refractivity contribution in [2.24, 2.45) is 10.2 Å². The molecule has 108 valence electrons. The first-order valence-corrected chi connectivity index (χ1v) is 6.58. The molecule has 20 heavy (non-hydrogen) atoms. The van der Waals surface area contributed by atoms with Crippen LogP contribution in [0, 0.1) is 0 Å². The second-order valence-electron chi connectivity index (χ2n) is 4.12. The molecule has 0 fully saturated rings. The SMILES string of the molecule is CCN1C(=S)N=NC1c1cc(OC)c(OC)c(OC)c1. The largest absolute Gasteiger partial charge is 0.493 e. The Kier molecular flexibility index (Phi) is 4.39. The van der Waals surface area contributed by atoms with Gasteiger partial charge < -0.3 is 19.1 Å². The average molecular weight is 295 g/mol. The molecular weight excluding hydrogens is 278 g/mol. The van der Waals surface area contributed by atoms with Crippen LogP contribution in [0.3, 0.4) is 0 Å². The number of benzene rings is 1. The van der Waals surface area contributed by atoms with Crippen LogP contribution >= 0.6 is 12.2 Å². The van der Waals surface area contributed by atoms with Crippen molar-refractivity contribution in [1.29, 1.82) is 0 Å². The molecule has 7 heteroatoms. The second kappa shape index (κ2) is 6.04. The number of hydrogen-bond acceptors (Lipinski definition) is 5. The molecular formula is C13H17N3O3S. The predicted molar refractivity (Wildman–Crippen MR) is 78.7 cm³/mol. The second-order valence-corrected chi connectivity index (χ2v) is 4.48. The van der Waals surface area contributed by atoms with Crippen LogP contribution in [0.25, 0.3) is 0 Å². The molecule has 1 heterocycles. The van der Waals surface area contributed by atoms with Gasteiger partial charge in [-0.2, -0.15) is 5.11 Å². The van der Waals surface area contributed by atoms with Gasteiger partial charge in [0.2, 0.25) is 10.9 Å². The van der Waals surface area contributed by atoms with Crippen LogP contribution in [-0.4, -0.2) is 37.9 Å². The number of azo groups is 1. The van der Waals surface area contributed by atoms with Gasteiger partial charge in [-0.1, -0.05) is 0 Å². The van der Waals surface area contributed by atoms with Crippen molar-refractivity contribution in [2.75, 3.05) is 27.9 Å². The van der Waals surface area contributed by atoms with E-state index in [0.717, 1.165) is 12.1 Å². The molecule has 1 unspecified atom stereocenters. The highest BCUT2D eigenvalue weighted by molar-refractivity contribution is 7.80. The Morgan fingerprint density at radius 2 is 1.75 bits per heavy atom. The van der Waals surface area contributed by atoms with Crippen LogP contribution < -0.4 is 14.2 Å². The van der Waals surface area contributed by atoms with E-state index < -0.39 is 0 Å². The summed E-state index contributed by atoms with van der Waals surface area (Å²) in [6, 6.07) is 3.73. The molecule has 0 saturated carbocycles. The molecule has 0 saturated heterocycles. The fraction of sp³-hybridized carbons (Fsp3) is 0.462. The van der Waals surface area contributed by atoms with Crippen molar-refractivity contribution in [3.8, 4) is 17.2 Å². The molecule has 0 aromatic heterocycles. The minimum atomic E-state index is -0.249. The molecule has 1 aromatic carbocycles. The van der Waals surface area contributed by atoms with Crippen LogP contribution in [-0.2, 0) is 0 Å². The summed E-state index contributed by atoms with van der Waals surface area (Å²) in [7, 11) is 4.74. The van der Waals surface area contributed by atoms with Crippen molar-refractivity contribution in [3.05, 3.63) is 17.7 Å². The molecule has 0 aliphatic carbocycles. The standard InChI is InChI=1S/C13H17N3O3S/c1-5-16-12(14-15-13(16)20)8-6-9(17-2)11(19-4)10(7-8)18-3/h6-7,12H,5H2,1-4H3. The Balaban J connectivity index is 2.47. The monoisotopic (exact) mass is 295 g/mol. The third kappa shape index (κ3) is 2.40. The first-order valence-electron chi connectivity index (χ1n) is 6.17. The van der Waals surface area contributed by atoms with Gasteiger partial charge in [-0.15, -0.1) is 5.11 Å². The van der Waals surface area contributed by atoms with Gasteiger partial charge >= 0.3 is 0 Å². The molecule has 0 N–H and O–H groups in total. The van der Waals surface area contributed by atoms with E-state index in [0.29, 0.717) is 22.4 Å². The fourth-order valence-corrected chi connectivity index (χ4v) is 2.41. The first kappa shape index (κ1) is 14.5. The summed E-state index contributed by atoms with van der Waals surface area (Å²) in [6.07, 6.45) is -0.249. The summed E-state index contributed by atoms with van der Waals surface area (Å²) in [4.78, 5) is 1.93. The molecule has 2 rings (SSSR count). The third-order valence-electron chi connectivity index (χ3n) is 3.12. The zero-order valence-corrected chi connectivity index (χ0v) is 12.7. The lowest BCUT2D eigenvalue weighted by Gasteiger charge is -2.23. The minimum Gasteiger partial charge on any atom is -0.493 e. The summed E-state index contributed by atoms with van der Waals surface area (Å²) < 4.78 is 16.0. The quantitative estimate of drug-likeness (QED) is 0.782. The smallest absolute Gasteiger partial charge is 0.218 e. The topological polar surface area (TPSA) is 55.7 Å².